The van der Waals surface area contributed by atoms with Gasteiger partial charge in [0.1, 0.15) is 5.75 Å². The Morgan fingerprint density at radius 3 is 1.94 bits per heavy atom. The first-order valence-electron chi connectivity index (χ1n) is 12.6. The lowest BCUT2D eigenvalue weighted by Gasteiger charge is -2.29. The predicted molar refractivity (Wildman–Crippen MR) is 133 cm³/mol. The summed E-state index contributed by atoms with van der Waals surface area (Å²) >= 11 is 0. The molecule has 1 fully saturated rings. The largest absolute Gasteiger partial charge is 0.494 e. The molecule has 0 spiro atoms. The van der Waals surface area contributed by atoms with Gasteiger partial charge in [-0.15, -0.1) is 0 Å². The molecule has 1 aliphatic rings. The van der Waals surface area contributed by atoms with E-state index in [0.717, 1.165) is 41.7 Å². The van der Waals surface area contributed by atoms with E-state index < -0.39 is 0 Å². The maximum Gasteiger partial charge on any atom is 0.119 e. The molecule has 0 amide bonds. The van der Waals surface area contributed by atoms with Gasteiger partial charge in [-0.05, 0) is 85.9 Å². The number of unbranched alkanes of at least 4 members (excludes halogenated alkanes) is 4. The fraction of sp³-hybridized carbons (Fsp3) is 0.533. The Morgan fingerprint density at radius 2 is 1.32 bits per heavy atom. The molecule has 2 aromatic carbocycles. The van der Waals surface area contributed by atoms with E-state index in [-0.39, 0.29) is 0 Å². The number of rotatable bonds is 10. The molecular formula is C30H40O. The zero-order valence-electron chi connectivity index (χ0n) is 19.7. The third kappa shape index (κ3) is 8.10. The summed E-state index contributed by atoms with van der Waals surface area (Å²) < 4.78 is 5.64. The normalized spacial score (nSPS) is 18.3. The topological polar surface area (TPSA) is 9.23 Å². The Balaban J connectivity index is 1.44. The fourth-order valence-corrected chi connectivity index (χ4v) is 4.66. The summed E-state index contributed by atoms with van der Waals surface area (Å²) in [4.78, 5) is 0. The SMILES string of the molecule is CCCCCCC[C@H]1CC[C@H](c2ccc(C#Cc3ccc(OCCC)cc3)cc2)CC1. The smallest absolute Gasteiger partial charge is 0.119 e. The van der Waals surface area contributed by atoms with Gasteiger partial charge < -0.3 is 4.74 Å². The van der Waals surface area contributed by atoms with E-state index in [1.54, 1.807) is 0 Å². The second-order valence-electron chi connectivity index (χ2n) is 9.17. The van der Waals surface area contributed by atoms with Crippen LogP contribution in [0.3, 0.4) is 0 Å². The van der Waals surface area contributed by atoms with Crippen molar-refractivity contribution < 1.29 is 4.74 Å². The monoisotopic (exact) mass is 416 g/mol. The maximum atomic E-state index is 5.64. The van der Waals surface area contributed by atoms with E-state index in [2.05, 4.69) is 50.0 Å². The van der Waals surface area contributed by atoms with Gasteiger partial charge in [0.15, 0.2) is 0 Å². The van der Waals surface area contributed by atoms with Crippen LogP contribution in [0.1, 0.15) is 107 Å². The molecule has 0 unspecified atom stereocenters. The van der Waals surface area contributed by atoms with Crippen LogP contribution in [-0.4, -0.2) is 6.61 Å². The minimum atomic E-state index is 0.744. The minimum absolute atomic E-state index is 0.744. The van der Waals surface area contributed by atoms with Crippen LogP contribution in [0.25, 0.3) is 0 Å². The highest BCUT2D eigenvalue weighted by Crippen LogP contribution is 2.37. The Morgan fingerprint density at radius 1 is 0.710 bits per heavy atom. The minimum Gasteiger partial charge on any atom is -0.494 e. The van der Waals surface area contributed by atoms with E-state index >= 15 is 0 Å². The molecule has 0 heterocycles. The van der Waals surface area contributed by atoms with Gasteiger partial charge in [-0.3, -0.25) is 0 Å². The van der Waals surface area contributed by atoms with Gasteiger partial charge in [-0.2, -0.15) is 0 Å². The molecule has 0 aromatic heterocycles. The third-order valence-electron chi connectivity index (χ3n) is 6.62. The summed E-state index contributed by atoms with van der Waals surface area (Å²) in [7, 11) is 0. The molecule has 0 aliphatic heterocycles. The van der Waals surface area contributed by atoms with Gasteiger partial charge in [0.05, 0.1) is 6.61 Å². The Bertz CT molecular complexity index is 798. The molecule has 0 saturated heterocycles. The summed E-state index contributed by atoms with van der Waals surface area (Å²) in [5, 5.41) is 0. The van der Waals surface area contributed by atoms with Crippen LogP contribution in [0.4, 0.5) is 0 Å². The molecule has 2 aromatic rings. The third-order valence-corrected chi connectivity index (χ3v) is 6.62. The molecule has 1 saturated carbocycles. The molecule has 166 valence electrons. The molecule has 1 nitrogen and oxygen atoms in total. The highest BCUT2D eigenvalue weighted by atomic mass is 16.5. The van der Waals surface area contributed by atoms with Crippen molar-refractivity contribution in [3.05, 3.63) is 65.2 Å². The van der Waals surface area contributed by atoms with Gasteiger partial charge in [0, 0.05) is 11.1 Å². The highest BCUT2D eigenvalue weighted by Gasteiger charge is 2.21. The molecule has 3 rings (SSSR count). The van der Waals surface area contributed by atoms with E-state index in [1.807, 2.05) is 24.3 Å². The molecule has 0 atom stereocenters. The van der Waals surface area contributed by atoms with Gasteiger partial charge in [-0.25, -0.2) is 0 Å². The van der Waals surface area contributed by atoms with Crippen molar-refractivity contribution in [2.24, 2.45) is 5.92 Å². The van der Waals surface area contributed by atoms with Crippen LogP contribution in [-0.2, 0) is 0 Å². The molecule has 0 N–H and O–H groups in total. The van der Waals surface area contributed by atoms with Crippen molar-refractivity contribution in [2.45, 2.75) is 90.4 Å². The van der Waals surface area contributed by atoms with Crippen molar-refractivity contribution in [3.8, 4) is 17.6 Å². The maximum absolute atomic E-state index is 5.64. The van der Waals surface area contributed by atoms with E-state index in [4.69, 9.17) is 4.74 Å². The van der Waals surface area contributed by atoms with Crippen LogP contribution < -0.4 is 4.74 Å². The van der Waals surface area contributed by atoms with E-state index in [1.165, 1.54) is 69.8 Å². The van der Waals surface area contributed by atoms with Crippen LogP contribution in [0, 0.1) is 17.8 Å². The van der Waals surface area contributed by atoms with Crippen LogP contribution in [0.15, 0.2) is 48.5 Å². The summed E-state index contributed by atoms with van der Waals surface area (Å²) in [5.74, 6) is 9.22. The average Bonchev–Trinajstić information content (AvgIpc) is 2.83. The Labute approximate surface area is 190 Å². The first kappa shape index (κ1) is 23.5. The number of benzene rings is 2. The van der Waals surface area contributed by atoms with Crippen molar-refractivity contribution >= 4 is 0 Å². The summed E-state index contributed by atoms with van der Waals surface area (Å²) in [5.41, 5.74) is 3.63. The number of hydrogen-bond donors (Lipinski definition) is 0. The van der Waals surface area contributed by atoms with Crippen molar-refractivity contribution in [3.63, 3.8) is 0 Å². The molecule has 1 heteroatoms. The predicted octanol–water partition coefficient (Wildman–Crippen LogP) is 8.51. The van der Waals surface area contributed by atoms with Crippen LogP contribution in [0.5, 0.6) is 5.75 Å². The zero-order chi connectivity index (χ0) is 21.7. The molecule has 0 radical (unpaired) electrons. The lowest BCUT2D eigenvalue weighted by molar-refractivity contribution is 0.302. The lowest BCUT2D eigenvalue weighted by atomic mass is 9.77. The first-order chi connectivity index (χ1) is 15.3. The van der Waals surface area contributed by atoms with Gasteiger partial charge in [0.2, 0.25) is 0 Å². The van der Waals surface area contributed by atoms with Crippen molar-refractivity contribution in [1.29, 1.82) is 0 Å². The Kier molecular flexibility index (Phi) is 10.0. The van der Waals surface area contributed by atoms with Gasteiger partial charge >= 0.3 is 0 Å². The number of hydrogen-bond acceptors (Lipinski definition) is 1. The van der Waals surface area contributed by atoms with Crippen molar-refractivity contribution in [2.75, 3.05) is 6.61 Å². The molecule has 0 bridgehead atoms. The summed E-state index contributed by atoms with van der Waals surface area (Å²) in [6, 6.07) is 17.1. The van der Waals surface area contributed by atoms with Crippen molar-refractivity contribution in [1.82, 2.24) is 0 Å². The second kappa shape index (κ2) is 13.3. The molecule has 1 aliphatic carbocycles. The number of ether oxygens (including phenoxy) is 1. The summed E-state index contributed by atoms with van der Waals surface area (Å²) in [6.45, 7) is 5.17. The summed E-state index contributed by atoms with van der Waals surface area (Å²) in [6.07, 6.45) is 15.1. The van der Waals surface area contributed by atoms with E-state index in [9.17, 15) is 0 Å². The second-order valence-corrected chi connectivity index (χ2v) is 9.17. The van der Waals surface area contributed by atoms with Gasteiger partial charge in [-0.1, -0.05) is 76.3 Å². The molecular weight excluding hydrogens is 376 g/mol. The quantitative estimate of drug-likeness (QED) is 0.278. The molecule has 31 heavy (non-hydrogen) atoms. The van der Waals surface area contributed by atoms with Gasteiger partial charge in [0.25, 0.3) is 0 Å². The Hall–Kier alpha value is -2.20. The fourth-order valence-electron chi connectivity index (χ4n) is 4.66. The van der Waals surface area contributed by atoms with E-state index in [0.29, 0.717) is 0 Å². The standard InChI is InChI=1S/C30H40O/c1-3-5-6-7-8-9-25-12-18-28(19-13-25)29-20-14-26(15-21-29)10-11-27-16-22-30(23-17-27)31-24-4-2/h14-17,20-23,25,28H,3-9,12-13,18-19,24H2,1-2H3/t25-,28-. The average molecular weight is 417 g/mol. The highest BCUT2D eigenvalue weighted by molar-refractivity contribution is 5.45. The first-order valence-corrected chi connectivity index (χ1v) is 12.6. The zero-order valence-corrected chi connectivity index (χ0v) is 19.7. The lowest BCUT2D eigenvalue weighted by Crippen LogP contribution is -2.13. The van der Waals surface area contributed by atoms with Crippen LogP contribution >= 0.6 is 0 Å². The van der Waals surface area contributed by atoms with Crippen LogP contribution in [0.2, 0.25) is 0 Å².